The van der Waals surface area contributed by atoms with Gasteiger partial charge in [0, 0.05) is 6.42 Å². The molecule has 0 aromatic heterocycles. The van der Waals surface area contributed by atoms with Crippen LogP contribution in [-0.2, 0) is 9.53 Å². The molecule has 1 N–H and O–H groups in total. The van der Waals surface area contributed by atoms with Gasteiger partial charge in [0.25, 0.3) is 0 Å². The van der Waals surface area contributed by atoms with Crippen molar-refractivity contribution in [3.63, 3.8) is 0 Å². The fourth-order valence-corrected chi connectivity index (χ4v) is 0.972. The van der Waals surface area contributed by atoms with Crippen molar-refractivity contribution in [3.05, 3.63) is 12.7 Å². The number of hydrogen-bond donors (Lipinski definition) is 1. The molecule has 0 fully saturated rings. The monoisotopic (exact) mass is 186 g/mol. The average molecular weight is 186 g/mol. The fourth-order valence-electron chi connectivity index (χ4n) is 0.972. The Labute approximate surface area is 79.4 Å². The predicted molar refractivity (Wildman–Crippen MR) is 51.3 cm³/mol. The lowest BCUT2D eigenvalue weighted by Gasteiger charge is -2.07. The molecule has 0 aliphatic heterocycles. The number of carbonyl (C=O) groups excluding carboxylic acids is 1. The van der Waals surface area contributed by atoms with Gasteiger partial charge in [-0.25, -0.2) is 0 Å². The summed E-state index contributed by atoms with van der Waals surface area (Å²) in [6.07, 6.45) is 3.57. The molecule has 0 saturated carbocycles. The highest BCUT2D eigenvalue weighted by atomic mass is 16.5. The van der Waals surface area contributed by atoms with Crippen LogP contribution in [0.1, 0.15) is 32.6 Å². The second-order valence-corrected chi connectivity index (χ2v) is 2.86. The van der Waals surface area contributed by atoms with E-state index in [2.05, 4.69) is 6.58 Å². The molecule has 13 heavy (non-hydrogen) atoms. The van der Waals surface area contributed by atoms with Crippen molar-refractivity contribution >= 4 is 5.97 Å². The molecule has 0 aromatic rings. The van der Waals surface area contributed by atoms with Crippen molar-refractivity contribution in [2.75, 3.05) is 6.61 Å². The molecule has 0 rings (SSSR count). The molecule has 0 aromatic carbocycles. The van der Waals surface area contributed by atoms with Gasteiger partial charge in [-0.1, -0.05) is 6.08 Å². The van der Waals surface area contributed by atoms with Gasteiger partial charge in [0.05, 0.1) is 12.7 Å². The summed E-state index contributed by atoms with van der Waals surface area (Å²) in [7, 11) is 0. The number of hydrogen-bond acceptors (Lipinski definition) is 3. The molecular weight excluding hydrogens is 168 g/mol. The van der Waals surface area contributed by atoms with Crippen molar-refractivity contribution in [2.24, 2.45) is 0 Å². The van der Waals surface area contributed by atoms with E-state index in [1.54, 1.807) is 13.0 Å². The summed E-state index contributed by atoms with van der Waals surface area (Å²) >= 11 is 0. The number of aliphatic hydroxyl groups is 1. The Balaban J connectivity index is 3.39. The number of carbonyl (C=O) groups is 1. The van der Waals surface area contributed by atoms with Gasteiger partial charge in [0.2, 0.25) is 0 Å². The Morgan fingerprint density at radius 2 is 2.31 bits per heavy atom. The van der Waals surface area contributed by atoms with Gasteiger partial charge in [-0.3, -0.25) is 4.79 Å². The van der Waals surface area contributed by atoms with E-state index in [-0.39, 0.29) is 5.97 Å². The molecule has 0 amide bonds. The third-order valence-corrected chi connectivity index (χ3v) is 1.69. The third-order valence-electron chi connectivity index (χ3n) is 1.69. The minimum absolute atomic E-state index is 0.236. The number of allylic oxidation sites excluding steroid dienone is 1. The second-order valence-electron chi connectivity index (χ2n) is 2.86. The largest absolute Gasteiger partial charge is 0.466 e. The lowest BCUT2D eigenvalue weighted by atomic mass is 10.1. The first-order valence-electron chi connectivity index (χ1n) is 4.65. The summed E-state index contributed by atoms with van der Waals surface area (Å²) in [6, 6.07) is 0. The molecule has 0 bridgehead atoms. The quantitative estimate of drug-likeness (QED) is 0.486. The Morgan fingerprint density at radius 1 is 1.62 bits per heavy atom. The maximum atomic E-state index is 10.9. The number of rotatable bonds is 7. The lowest BCUT2D eigenvalue weighted by Crippen LogP contribution is -2.11. The third kappa shape index (κ3) is 7.53. The highest BCUT2D eigenvalue weighted by molar-refractivity contribution is 5.69. The van der Waals surface area contributed by atoms with E-state index in [4.69, 9.17) is 4.74 Å². The first kappa shape index (κ1) is 12.2. The van der Waals surface area contributed by atoms with Crippen LogP contribution in [0.5, 0.6) is 0 Å². The van der Waals surface area contributed by atoms with Crippen molar-refractivity contribution in [1.29, 1.82) is 0 Å². The van der Waals surface area contributed by atoms with Crippen LogP contribution >= 0.6 is 0 Å². The Kier molecular flexibility index (Phi) is 7.30. The molecule has 0 saturated heterocycles. The van der Waals surface area contributed by atoms with Crippen LogP contribution in [0.2, 0.25) is 0 Å². The zero-order valence-corrected chi connectivity index (χ0v) is 8.16. The molecule has 0 spiro atoms. The summed E-state index contributed by atoms with van der Waals surface area (Å²) in [5, 5.41) is 9.34. The van der Waals surface area contributed by atoms with Crippen LogP contribution in [-0.4, -0.2) is 23.8 Å². The number of aliphatic hydroxyl groups excluding tert-OH is 1. The van der Waals surface area contributed by atoms with Crippen molar-refractivity contribution < 1.29 is 14.6 Å². The molecule has 0 radical (unpaired) electrons. The maximum Gasteiger partial charge on any atom is 0.305 e. The highest BCUT2D eigenvalue weighted by Crippen LogP contribution is 2.05. The van der Waals surface area contributed by atoms with E-state index in [1.165, 1.54) is 0 Å². The van der Waals surface area contributed by atoms with Crippen molar-refractivity contribution in [1.82, 2.24) is 0 Å². The van der Waals surface area contributed by atoms with Crippen LogP contribution in [0.4, 0.5) is 0 Å². The summed E-state index contributed by atoms with van der Waals surface area (Å²) < 4.78 is 4.73. The van der Waals surface area contributed by atoms with Crippen LogP contribution in [0.25, 0.3) is 0 Å². The second kappa shape index (κ2) is 7.80. The fraction of sp³-hybridized carbons (Fsp3) is 0.700. The maximum absolute atomic E-state index is 10.9. The van der Waals surface area contributed by atoms with Gasteiger partial charge >= 0.3 is 5.97 Å². The SMILES string of the molecule is C=CCC[C@@H](O)CCC(=O)OCC. The molecule has 0 aliphatic rings. The molecule has 1 atom stereocenters. The summed E-state index contributed by atoms with van der Waals surface area (Å²) in [5.41, 5.74) is 0. The van der Waals surface area contributed by atoms with Crippen molar-refractivity contribution in [2.45, 2.75) is 38.7 Å². The number of esters is 1. The Morgan fingerprint density at radius 3 is 2.85 bits per heavy atom. The van der Waals surface area contributed by atoms with Crippen LogP contribution in [0, 0.1) is 0 Å². The summed E-state index contributed by atoms with van der Waals surface area (Å²) in [6.45, 7) is 5.73. The topological polar surface area (TPSA) is 46.5 Å². The van der Waals surface area contributed by atoms with E-state index in [1.807, 2.05) is 0 Å². The Bertz CT molecular complexity index is 154. The average Bonchev–Trinajstić information content (AvgIpc) is 2.12. The lowest BCUT2D eigenvalue weighted by molar-refractivity contribution is -0.143. The van der Waals surface area contributed by atoms with Gasteiger partial charge in [-0.15, -0.1) is 6.58 Å². The minimum atomic E-state index is -0.414. The summed E-state index contributed by atoms with van der Waals surface area (Å²) in [4.78, 5) is 10.9. The van der Waals surface area contributed by atoms with E-state index in [9.17, 15) is 9.90 Å². The van der Waals surface area contributed by atoms with Crippen molar-refractivity contribution in [3.8, 4) is 0 Å². The van der Waals surface area contributed by atoms with Gasteiger partial charge in [-0.05, 0) is 26.2 Å². The standard InChI is InChI=1S/C10H18O3/c1-3-5-6-9(11)7-8-10(12)13-4-2/h3,9,11H,1,4-8H2,2H3/t9-/m1/s1. The van der Waals surface area contributed by atoms with Gasteiger partial charge in [0.15, 0.2) is 0 Å². The van der Waals surface area contributed by atoms with E-state index in [0.29, 0.717) is 25.9 Å². The van der Waals surface area contributed by atoms with Gasteiger partial charge < -0.3 is 9.84 Å². The van der Waals surface area contributed by atoms with E-state index in [0.717, 1.165) is 6.42 Å². The van der Waals surface area contributed by atoms with Gasteiger partial charge in [-0.2, -0.15) is 0 Å². The molecule has 3 nitrogen and oxygen atoms in total. The normalized spacial score (nSPS) is 12.2. The first-order valence-corrected chi connectivity index (χ1v) is 4.65. The minimum Gasteiger partial charge on any atom is -0.466 e. The van der Waals surface area contributed by atoms with Gasteiger partial charge in [0.1, 0.15) is 0 Å². The first-order chi connectivity index (χ1) is 6.20. The smallest absolute Gasteiger partial charge is 0.305 e. The van der Waals surface area contributed by atoms with E-state index < -0.39 is 6.10 Å². The van der Waals surface area contributed by atoms with E-state index >= 15 is 0 Å². The zero-order valence-electron chi connectivity index (χ0n) is 8.16. The highest BCUT2D eigenvalue weighted by Gasteiger charge is 2.07. The molecular formula is C10H18O3. The molecule has 76 valence electrons. The van der Waals surface area contributed by atoms with Crippen LogP contribution in [0.15, 0.2) is 12.7 Å². The summed E-state index contributed by atoms with van der Waals surface area (Å²) in [5.74, 6) is -0.236. The van der Waals surface area contributed by atoms with Crippen LogP contribution < -0.4 is 0 Å². The molecule has 3 heteroatoms. The van der Waals surface area contributed by atoms with Crippen LogP contribution in [0.3, 0.4) is 0 Å². The Hall–Kier alpha value is -0.830. The predicted octanol–water partition coefficient (Wildman–Crippen LogP) is 1.66. The molecule has 0 aliphatic carbocycles. The molecule has 0 heterocycles. The zero-order chi connectivity index (χ0) is 10.1. The molecule has 0 unspecified atom stereocenters. The number of ether oxygens (including phenoxy) is 1.